The highest BCUT2D eigenvalue weighted by Gasteiger charge is 2.34. The summed E-state index contributed by atoms with van der Waals surface area (Å²) < 4.78 is 7.33. The van der Waals surface area contributed by atoms with Gasteiger partial charge in [-0.15, -0.1) is 0 Å². The summed E-state index contributed by atoms with van der Waals surface area (Å²) in [5.74, 6) is 0.470. The Morgan fingerprint density at radius 2 is 2.24 bits per heavy atom. The van der Waals surface area contributed by atoms with Gasteiger partial charge < -0.3 is 15.0 Å². The normalized spacial score (nSPS) is 19.8. The Morgan fingerprint density at radius 3 is 2.96 bits per heavy atom. The van der Waals surface area contributed by atoms with E-state index in [1.165, 1.54) is 0 Å². The van der Waals surface area contributed by atoms with E-state index < -0.39 is 0 Å². The van der Waals surface area contributed by atoms with Crippen molar-refractivity contribution in [2.24, 2.45) is 5.92 Å². The molecule has 0 radical (unpaired) electrons. The van der Waals surface area contributed by atoms with Gasteiger partial charge in [0.15, 0.2) is 0 Å². The Hall–Kier alpha value is -2.34. The molecule has 1 aromatic heterocycles. The Morgan fingerprint density at radius 1 is 1.32 bits per heavy atom. The van der Waals surface area contributed by atoms with E-state index in [-0.39, 0.29) is 6.03 Å². The number of benzene rings is 1. The quantitative estimate of drug-likeness (QED) is 0.879. The van der Waals surface area contributed by atoms with Gasteiger partial charge in [-0.25, -0.2) is 4.79 Å². The van der Waals surface area contributed by atoms with Gasteiger partial charge >= 0.3 is 6.03 Å². The smallest absolute Gasteiger partial charge is 0.322 e. The maximum atomic E-state index is 12.8. The summed E-state index contributed by atoms with van der Waals surface area (Å²) in [5.41, 5.74) is 1.95. The number of ether oxygens (including phenoxy) is 1. The molecule has 2 aromatic rings. The molecule has 0 spiro atoms. The highest BCUT2D eigenvalue weighted by Crippen LogP contribution is 2.29. The number of hydrogen-bond acceptors (Lipinski definition) is 3. The van der Waals surface area contributed by atoms with E-state index in [0.29, 0.717) is 18.5 Å². The van der Waals surface area contributed by atoms with Crippen molar-refractivity contribution in [3.05, 3.63) is 48.3 Å². The topological polar surface area (TPSA) is 59.4 Å². The summed E-state index contributed by atoms with van der Waals surface area (Å²) in [6.45, 7) is 3.09. The number of anilines is 1. The van der Waals surface area contributed by atoms with E-state index in [1.807, 2.05) is 46.1 Å². The van der Waals surface area contributed by atoms with Crippen molar-refractivity contribution in [2.45, 2.75) is 31.8 Å². The van der Waals surface area contributed by atoms with Gasteiger partial charge in [0.1, 0.15) is 0 Å². The summed E-state index contributed by atoms with van der Waals surface area (Å²) in [4.78, 5) is 14.8. The van der Waals surface area contributed by atoms with E-state index in [1.54, 1.807) is 6.20 Å². The lowest BCUT2D eigenvalue weighted by molar-refractivity contribution is 0.167. The predicted octanol–water partition coefficient (Wildman–Crippen LogP) is 2.96. The van der Waals surface area contributed by atoms with Crippen LogP contribution in [0.25, 0.3) is 0 Å². The number of amides is 2. The molecule has 4 rings (SSSR count). The van der Waals surface area contributed by atoms with Crippen LogP contribution >= 0.6 is 0 Å². The molecule has 132 valence electrons. The van der Waals surface area contributed by atoms with Crippen molar-refractivity contribution in [3.8, 4) is 0 Å². The monoisotopic (exact) mass is 340 g/mol. The van der Waals surface area contributed by atoms with E-state index in [9.17, 15) is 4.79 Å². The van der Waals surface area contributed by atoms with E-state index >= 15 is 0 Å². The summed E-state index contributed by atoms with van der Waals surface area (Å²) in [7, 11) is 0. The second-order valence-corrected chi connectivity index (χ2v) is 6.95. The molecule has 6 heteroatoms. The van der Waals surface area contributed by atoms with Crippen molar-refractivity contribution >= 4 is 11.7 Å². The first kappa shape index (κ1) is 16.1. The fourth-order valence-corrected chi connectivity index (χ4v) is 3.31. The van der Waals surface area contributed by atoms with Crippen LogP contribution in [0.2, 0.25) is 0 Å². The third-order valence-corrected chi connectivity index (χ3v) is 4.81. The van der Waals surface area contributed by atoms with Gasteiger partial charge in [-0.1, -0.05) is 12.1 Å². The molecule has 1 saturated heterocycles. The van der Waals surface area contributed by atoms with Gasteiger partial charge in [0.05, 0.1) is 13.2 Å². The van der Waals surface area contributed by atoms with Gasteiger partial charge in [0, 0.05) is 43.2 Å². The molecule has 1 saturated carbocycles. The zero-order valence-corrected chi connectivity index (χ0v) is 14.3. The van der Waals surface area contributed by atoms with Crippen LogP contribution in [0.1, 0.15) is 24.8 Å². The average Bonchev–Trinajstić information content (AvgIpc) is 3.08. The molecule has 1 aliphatic heterocycles. The molecular weight excluding hydrogens is 316 g/mol. The first-order chi connectivity index (χ1) is 12.3. The zero-order valence-electron chi connectivity index (χ0n) is 14.3. The molecule has 1 atom stereocenters. The summed E-state index contributed by atoms with van der Waals surface area (Å²) in [5, 5.41) is 7.30. The second-order valence-electron chi connectivity index (χ2n) is 6.95. The highest BCUT2D eigenvalue weighted by molar-refractivity contribution is 5.89. The maximum Gasteiger partial charge on any atom is 0.322 e. The number of rotatable bonds is 6. The van der Waals surface area contributed by atoms with E-state index in [0.717, 1.165) is 50.3 Å². The molecule has 1 aliphatic carbocycles. The van der Waals surface area contributed by atoms with Gasteiger partial charge in [-0.2, -0.15) is 5.10 Å². The molecule has 2 fully saturated rings. The van der Waals surface area contributed by atoms with Crippen molar-refractivity contribution in [1.29, 1.82) is 0 Å². The highest BCUT2D eigenvalue weighted by atomic mass is 16.5. The molecule has 0 unspecified atom stereocenters. The number of carbonyl (C=O) groups excluding carboxylic acids is 1. The lowest BCUT2D eigenvalue weighted by Gasteiger charge is -2.25. The first-order valence-corrected chi connectivity index (χ1v) is 8.99. The second kappa shape index (κ2) is 7.27. The van der Waals surface area contributed by atoms with Crippen LogP contribution in [0.3, 0.4) is 0 Å². The predicted molar refractivity (Wildman–Crippen MR) is 95.4 cm³/mol. The number of urea groups is 1. The van der Waals surface area contributed by atoms with E-state index in [4.69, 9.17) is 4.74 Å². The largest absolute Gasteiger partial charge is 0.381 e. The minimum atomic E-state index is 0.00522. The molecule has 0 bridgehead atoms. The van der Waals surface area contributed by atoms with Crippen LogP contribution in [-0.2, 0) is 11.3 Å². The third-order valence-electron chi connectivity index (χ3n) is 4.81. The SMILES string of the molecule is O=C(Nc1cccc(Cn2cccn2)c1)N(C[C@H]1CCOC1)C1CC1. The summed E-state index contributed by atoms with van der Waals surface area (Å²) in [6, 6.07) is 10.3. The molecule has 6 nitrogen and oxygen atoms in total. The van der Waals surface area contributed by atoms with Gasteiger partial charge in [-0.05, 0) is 43.0 Å². The number of nitrogens with one attached hydrogen (secondary N) is 1. The van der Waals surface area contributed by atoms with Gasteiger partial charge in [-0.3, -0.25) is 4.68 Å². The standard InChI is InChI=1S/C19H24N4O2/c24-19(23(18-5-6-18)13-16-7-10-25-14-16)21-17-4-1-3-15(11-17)12-22-9-2-8-20-22/h1-4,8-9,11,16,18H,5-7,10,12-14H2,(H,21,24)/t16-/m1/s1. The van der Waals surface area contributed by atoms with Crippen LogP contribution < -0.4 is 5.32 Å². The lowest BCUT2D eigenvalue weighted by Crippen LogP contribution is -2.40. The van der Waals surface area contributed by atoms with Crippen LogP contribution in [0.15, 0.2) is 42.7 Å². The van der Waals surface area contributed by atoms with Crippen molar-refractivity contribution in [3.63, 3.8) is 0 Å². The summed E-state index contributed by atoms with van der Waals surface area (Å²) in [6.07, 6.45) is 6.98. The molecule has 1 N–H and O–H groups in total. The third kappa shape index (κ3) is 4.20. The Kier molecular flexibility index (Phi) is 4.70. The number of nitrogens with zero attached hydrogens (tertiary/aromatic N) is 3. The van der Waals surface area contributed by atoms with Crippen LogP contribution in [0.4, 0.5) is 10.5 Å². The first-order valence-electron chi connectivity index (χ1n) is 8.99. The van der Waals surface area contributed by atoms with Crippen LogP contribution in [0, 0.1) is 5.92 Å². The molecule has 25 heavy (non-hydrogen) atoms. The minimum Gasteiger partial charge on any atom is -0.381 e. The van der Waals surface area contributed by atoms with Gasteiger partial charge in [0.25, 0.3) is 0 Å². The number of aromatic nitrogens is 2. The maximum absolute atomic E-state index is 12.8. The molecule has 2 heterocycles. The number of hydrogen-bond donors (Lipinski definition) is 1. The van der Waals surface area contributed by atoms with Crippen LogP contribution in [-0.4, -0.2) is 46.5 Å². The van der Waals surface area contributed by atoms with Crippen LogP contribution in [0.5, 0.6) is 0 Å². The van der Waals surface area contributed by atoms with Gasteiger partial charge in [0.2, 0.25) is 0 Å². The molecule has 2 aliphatic rings. The molecule has 1 aromatic carbocycles. The molecular formula is C19H24N4O2. The van der Waals surface area contributed by atoms with E-state index in [2.05, 4.69) is 10.4 Å². The fraction of sp³-hybridized carbons (Fsp3) is 0.474. The molecule has 2 amide bonds. The number of carbonyl (C=O) groups is 1. The van der Waals surface area contributed by atoms with Crippen molar-refractivity contribution in [1.82, 2.24) is 14.7 Å². The Balaban J connectivity index is 1.40. The average molecular weight is 340 g/mol. The van der Waals surface area contributed by atoms with Crippen molar-refractivity contribution < 1.29 is 9.53 Å². The zero-order chi connectivity index (χ0) is 17.1. The lowest BCUT2D eigenvalue weighted by atomic mass is 10.1. The summed E-state index contributed by atoms with van der Waals surface area (Å²) >= 11 is 0. The van der Waals surface area contributed by atoms with Crippen molar-refractivity contribution in [2.75, 3.05) is 25.1 Å². The Bertz CT molecular complexity index is 706. The Labute approximate surface area is 147 Å². The minimum absolute atomic E-state index is 0.00522. The fourth-order valence-electron chi connectivity index (χ4n) is 3.31.